The molecule has 3 N–H and O–H groups in total. The van der Waals surface area contributed by atoms with Crippen molar-refractivity contribution in [3.05, 3.63) is 0 Å². The Kier molecular flexibility index (Phi) is 5.73. The molecule has 1 heterocycles. The van der Waals surface area contributed by atoms with Crippen molar-refractivity contribution in [3.63, 3.8) is 0 Å². The summed E-state index contributed by atoms with van der Waals surface area (Å²) in [5.74, 6) is 0.0228. The van der Waals surface area contributed by atoms with E-state index in [1.165, 1.54) is 0 Å². The topological polar surface area (TPSA) is 72.8 Å². The zero-order valence-corrected chi connectivity index (χ0v) is 9.85. The zero-order chi connectivity index (χ0) is 12.0. The maximum atomic E-state index is 12.2. The van der Waals surface area contributed by atoms with Crippen LogP contribution in [0.3, 0.4) is 0 Å². The number of hydrogen-bond donors (Lipinski definition) is 3. The normalized spacial score (nSPS) is 25.4. The third kappa shape index (κ3) is 3.43. The largest absolute Gasteiger partial charge is 0.395 e. The van der Waals surface area contributed by atoms with Gasteiger partial charge in [0.1, 0.15) is 0 Å². The Morgan fingerprint density at radius 2 is 2.00 bits per heavy atom. The Morgan fingerprint density at radius 1 is 1.38 bits per heavy atom. The van der Waals surface area contributed by atoms with Gasteiger partial charge in [-0.1, -0.05) is 0 Å². The molecule has 1 fully saturated rings. The van der Waals surface area contributed by atoms with Gasteiger partial charge in [0.2, 0.25) is 5.91 Å². The Morgan fingerprint density at radius 3 is 2.50 bits per heavy atom. The molecule has 0 aromatic heterocycles. The predicted molar refractivity (Wildman–Crippen MR) is 60.9 cm³/mol. The molecule has 0 spiro atoms. The van der Waals surface area contributed by atoms with Crippen molar-refractivity contribution < 1.29 is 15.0 Å². The standard InChI is InChI=1S/C11H22N2O3/c1-9-10(3-2-4-12-9)11(16)13(5-7-14)6-8-15/h9-10,12,14-15H,2-8H2,1H3. The molecule has 1 aliphatic rings. The van der Waals surface area contributed by atoms with Crippen LogP contribution < -0.4 is 5.32 Å². The molecule has 0 aliphatic carbocycles. The molecule has 5 nitrogen and oxygen atoms in total. The second-order valence-corrected chi connectivity index (χ2v) is 4.26. The zero-order valence-electron chi connectivity index (χ0n) is 9.85. The van der Waals surface area contributed by atoms with Gasteiger partial charge in [0.05, 0.1) is 19.1 Å². The van der Waals surface area contributed by atoms with Gasteiger partial charge in [-0.2, -0.15) is 0 Å². The Bertz CT molecular complexity index is 217. The number of piperidine rings is 1. The van der Waals surface area contributed by atoms with E-state index in [2.05, 4.69) is 5.32 Å². The van der Waals surface area contributed by atoms with Crippen LogP contribution in [0, 0.1) is 5.92 Å². The van der Waals surface area contributed by atoms with Crippen molar-refractivity contribution in [1.82, 2.24) is 10.2 Å². The third-order valence-electron chi connectivity index (χ3n) is 3.13. The molecule has 1 saturated heterocycles. The number of hydrogen-bond acceptors (Lipinski definition) is 4. The van der Waals surface area contributed by atoms with Crippen LogP contribution in [0.15, 0.2) is 0 Å². The van der Waals surface area contributed by atoms with Crippen molar-refractivity contribution in [1.29, 1.82) is 0 Å². The summed E-state index contributed by atoms with van der Waals surface area (Å²) in [6.45, 7) is 3.48. The van der Waals surface area contributed by atoms with Crippen molar-refractivity contribution in [2.45, 2.75) is 25.8 Å². The van der Waals surface area contributed by atoms with E-state index in [0.29, 0.717) is 13.1 Å². The minimum absolute atomic E-state index is 0.0214. The Hall–Kier alpha value is -0.650. The number of aliphatic hydroxyl groups excluding tert-OH is 2. The fourth-order valence-corrected chi connectivity index (χ4v) is 2.19. The number of carbonyl (C=O) groups excluding carboxylic acids is 1. The van der Waals surface area contributed by atoms with Crippen molar-refractivity contribution in [2.24, 2.45) is 5.92 Å². The highest BCUT2D eigenvalue weighted by atomic mass is 16.3. The van der Waals surface area contributed by atoms with Crippen LogP contribution in [-0.2, 0) is 4.79 Å². The van der Waals surface area contributed by atoms with E-state index >= 15 is 0 Å². The van der Waals surface area contributed by atoms with Crippen LogP contribution in [-0.4, -0.2) is 59.9 Å². The lowest BCUT2D eigenvalue weighted by Gasteiger charge is -2.33. The average molecular weight is 230 g/mol. The van der Waals surface area contributed by atoms with Gasteiger partial charge in [-0.3, -0.25) is 4.79 Å². The summed E-state index contributed by atoms with van der Waals surface area (Å²) in [6, 6.07) is 0.182. The highest BCUT2D eigenvalue weighted by Gasteiger charge is 2.30. The Labute approximate surface area is 96.4 Å². The van der Waals surface area contributed by atoms with Gasteiger partial charge in [0, 0.05) is 19.1 Å². The van der Waals surface area contributed by atoms with E-state index in [1.54, 1.807) is 4.90 Å². The van der Waals surface area contributed by atoms with Gasteiger partial charge < -0.3 is 20.4 Å². The summed E-state index contributed by atoms with van der Waals surface area (Å²) in [4.78, 5) is 13.7. The molecule has 0 saturated carbocycles. The first-order valence-corrected chi connectivity index (χ1v) is 5.94. The third-order valence-corrected chi connectivity index (χ3v) is 3.13. The van der Waals surface area contributed by atoms with Crippen molar-refractivity contribution in [2.75, 3.05) is 32.8 Å². The van der Waals surface area contributed by atoms with Gasteiger partial charge in [-0.05, 0) is 26.3 Å². The smallest absolute Gasteiger partial charge is 0.227 e. The molecule has 1 amide bonds. The summed E-state index contributed by atoms with van der Waals surface area (Å²) in [6.07, 6.45) is 1.90. The predicted octanol–water partition coefficient (Wildman–Crippen LogP) is -0.812. The summed E-state index contributed by atoms with van der Waals surface area (Å²) >= 11 is 0. The molecule has 0 aromatic carbocycles. The summed E-state index contributed by atoms with van der Waals surface area (Å²) < 4.78 is 0. The first-order chi connectivity index (χ1) is 7.70. The molecule has 1 aliphatic heterocycles. The van der Waals surface area contributed by atoms with Gasteiger partial charge in [-0.25, -0.2) is 0 Å². The van der Waals surface area contributed by atoms with Crippen LogP contribution in [0.25, 0.3) is 0 Å². The van der Waals surface area contributed by atoms with Crippen LogP contribution >= 0.6 is 0 Å². The molecule has 5 heteroatoms. The summed E-state index contributed by atoms with van der Waals surface area (Å²) in [7, 11) is 0. The van der Waals surface area contributed by atoms with E-state index in [1.807, 2.05) is 6.92 Å². The molecular formula is C11H22N2O3. The number of amides is 1. The molecule has 94 valence electrons. The van der Waals surface area contributed by atoms with Crippen LogP contribution in [0.5, 0.6) is 0 Å². The van der Waals surface area contributed by atoms with Crippen LogP contribution in [0.2, 0.25) is 0 Å². The maximum absolute atomic E-state index is 12.2. The molecule has 2 unspecified atom stereocenters. The lowest BCUT2D eigenvalue weighted by atomic mass is 9.90. The second-order valence-electron chi connectivity index (χ2n) is 4.26. The molecule has 0 radical (unpaired) electrons. The van der Waals surface area contributed by atoms with Gasteiger partial charge >= 0.3 is 0 Å². The van der Waals surface area contributed by atoms with Crippen LogP contribution in [0.1, 0.15) is 19.8 Å². The molecule has 0 aromatic rings. The van der Waals surface area contributed by atoms with E-state index in [9.17, 15) is 4.79 Å². The van der Waals surface area contributed by atoms with Gasteiger partial charge in [-0.15, -0.1) is 0 Å². The van der Waals surface area contributed by atoms with Crippen molar-refractivity contribution >= 4 is 5.91 Å². The first-order valence-electron chi connectivity index (χ1n) is 5.94. The highest BCUT2D eigenvalue weighted by molar-refractivity contribution is 5.79. The second kappa shape index (κ2) is 6.83. The molecule has 2 atom stereocenters. The van der Waals surface area contributed by atoms with E-state index < -0.39 is 0 Å². The van der Waals surface area contributed by atoms with E-state index in [4.69, 9.17) is 10.2 Å². The lowest BCUT2D eigenvalue weighted by molar-refractivity contribution is -0.138. The van der Waals surface area contributed by atoms with E-state index in [0.717, 1.165) is 19.4 Å². The fraction of sp³-hybridized carbons (Fsp3) is 0.909. The minimum atomic E-state index is -0.0553. The number of rotatable bonds is 5. The molecule has 1 rings (SSSR count). The number of aliphatic hydroxyl groups is 2. The van der Waals surface area contributed by atoms with E-state index in [-0.39, 0.29) is 31.1 Å². The monoisotopic (exact) mass is 230 g/mol. The number of carbonyl (C=O) groups is 1. The first kappa shape index (κ1) is 13.4. The fourth-order valence-electron chi connectivity index (χ4n) is 2.19. The quantitative estimate of drug-likeness (QED) is 0.577. The van der Waals surface area contributed by atoms with Gasteiger partial charge in [0.15, 0.2) is 0 Å². The summed E-state index contributed by atoms with van der Waals surface area (Å²) in [5.41, 5.74) is 0. The SMILES string of the molecule is CC1NCCCC1C(=O)N(CCO)CCO. The Balaban J connectivity index is 2.57. The highest BCUT2D eigenvalue weighted by Crippen LogP contribution is 2.18. The molecule has 16 heavy (non-hydrogen) atoms. The average Bonchev–Trinajstić information content (AvgIpc) is 2.28. The maximum Gasteiger partial charge on any atom is 0.227 e. The summed E-state index contributed by atoms with van der Waals surface area (Å²) in [5, 5.41) is 21.1. The van der Waals surface area contributed by atoms with Gasteiger partial charge in [0.25, 0.3) is 0 Å². The molecular weight excluding hydrogens is 208 g/mol. The number of nitrogens with one attached hydrogen (secondary N) is 1. The number of nitrogens with zero attached hydrogens (tertiary/aromatic N) is 1. The van der Waals surface area contributed by atoms with Crippen LogP contribution in [0.4, 0.5) is 0 Å². The van der Waals surface area contributed by atoms with Crippen molar-refractivity contribution in [3.8, 4) is 0 Å². The molecule has 0 bridgehead atoms. The lowest BCUT2D eigenvalue weighted by Crippen LogP contribution is -2.49. The minimum Gasteiger partial charge on any atom is -0.395 e.